The first-order chi connectivity index (χ1) is 12.8. The molecule has 3 aromatic rings. The van der Waals surface area contributed by atoms with Crippen LogP contribution in [0.15, 0.2) is 30.3 Å². The highest BCUT2D eigenvalue weighted by molar-refractivity contribution is 5.98. The number of aryl methyl sites for hydroxylation is 2. The SMILES string of the molecule is Cc1cc(C)n2nc(CC(=O)OCC(=O)c3ccc(C(C)C)cc3)nc2n1. The van der Waals surface area contributed by atoms with Crippen molar-refractivity contribution in [1.82, 2.24) is 19.6 Å². The van der Waals surface area contributed by atoms with Gasteiger partial charge >= 0.3 is 5.97 Å². The van der Waals surface area contributed by atoms with Crippen LogP contribution in [0.25, 0.3) is 5.78 Å². The number of hydrogen-bond acceptors (Lipinski definition) is 6. The van der Waals surface area contributed by atoms with Gasteiger partial charge in [-0.3, -0.25) is 9.59 Å². The molecule has 140 valence electrons. The summed E-state index contributed by atoms with van der Waals surface area (Å²) >= 11 is 0. The van der Waals surface area contributed by atoms with Crippen LogP contribution in [0, 0.1) is 13.8 Å². The number of nitrogens with zero attached hydrogens (tertiary/aromatic N) is 4. The molecule has 0 N–H and O–H groups in total. The number of aromatic nitrogens is 4. The summed E-state index contributed by atoms with van der Waals surface area (Å²) in [5, 5.41) is 4.26. The van der Waals surface area contributed by atoms with Gasteiger partial charge in [-0.25, -0.2) is 9.50 Å². The van der Waals surface area contributed by atoms with E-state index >= 15 is 0 Å². The third-order valence-electron chi connectivity index (χ3n) is 4.23. The predicted molar refractivity (Wildman–Crippen MR) is 99.8 cm³/mol. The molecule has 0 aliphatic rings. The molecular formula is C20H22N4O3. The molecule has 0 unspecified atom stereocenters. The first-order valence-corrected chi connectivity index (χ1v) is 8.82. The van der Waals surface area contributed by atoms with Gasteiger partial charge in [0.15, 0.2) is 18.2 Å². The number of fused-ring (bicyclic) bond motifs is 1. The molecule has 2 aromatic heterocycles. The minimum Gasteiger partial charge on any atom is -0.457 e. The monoisotopic (exact) mass is 366 g/mol. The lowest BCUT2D eigenvalue weighted by molar-refractivity contribution is -0.141. The molecule has 0 bridgehead atoms. The largest absolute Gasteiger partial charge is 0.457 e. The molecule has 0 saturated carbocycles. The number of Topliss-reactive ketones (excluding diaryl/α,β-unsaturated/α-hetero) is 1. The van der Waals surface area contributed by atoms with E-state index in [9.17, 15) is 9.59 Å². The van der Waals surface area contributed by atoms with E-state index in [2.05, 4.69) is 28.9 Å². The van der Waals surface area contributed by atoms with E-state index in [-0.39, 0.29) is 18.8 Å². The summed E-state index contributed by atoms with van der Waals surface area (Å²) in [6.45, 7) is 7.63. The molecule has 0 saturated heterocycles. The minimum atomic E-state index is -0.549. The van der Waals surface area contributed by atoms with Crippen LogP contribution in [0.2, 0.25) is 0 Å². The van der Waals surface area contributed by atoms with Gasteiger partial charge in [0.25, 0.3) is 5.78 Å². The third kappa shape index (κ3) is 4.36. The van der Waals surface area contributed by atoms with E-state index in [0.717, 1.165) is 17.0 Å². The van der Waals surface area contributed by atoms with E-state index in [1.54, 1.807) is 16.6 Å². The highest BCUT2D eigenvalue weighted by atomic mass is 16.5. The lowest BCUT2D eigenvalue weighted by Gasteiger charge is -2.07. The van der Waals surface area contributed by atoms with Crippen LogP contribution in [-0.2, 0) is 16.0 Å². The van der Waals surface area contributed by atoms with E-state index < -0.39 is 5.97 Å². The molecule has 0 fully saturated rings. The topological polar surface area (TPSA) is 86.5 Å². The zero-order valence-electron chi connectivity index (χ0n) is 15.9. The number of carbonyl (C=O) groups excluding carboxylic acids is 2. The quantitative estimate of drug-likeness (QED) is 0.492. The van der Waals surface area contributed by atoms with Crippen molar-refractivity contribution in [3.8, 4) is 0 Å². The van der Waals surface area contributed by atoms with Gasteiger partial charge in [-0.15, -0.1) is 5.10 Å². The zero-order valence-corrected chi connectivity index (χ0v) is 15.9. The number of ether oxygens (including phenoxy) is 1. The first kappa shape index (κ1) is 18.7. The second-order valence-corrected chi connectivity index (χ2v) is 6.82. The Balaban J connectivity index is 1.59. The standard InChI is InChI=1S/C20H22N4O3/c1-12(2)15-5-7-16(8-6-15)17(25)11-27-19(26)10-18-22-20-21-13(3)9-14(4)24(20)23-18/h5-9,12H,10-11H2,1-4H3. The molecular weight excluding hydrogens is 344 g/mol. The Hall–Kier alpha value is -3.09. The Morgan fingerprint density at radius 1 is 1.11 bits per heavy atom. The van der Waals surface area contributed by atoms with Crippen LogP contribution < -0.4 is 0 Å². The van der Waals surface area contributed by atoms with Crippen LogP contribution in [-0.4, -0.2) is 37.9 Å². The second kappa shape index (κ2) is 7.65. The second-order valence-electron chi connectivity index (χ2n) is 6.82. The van der Waals surface area contributed by atoms with Crippen molar-refractivity contribution in [3.05, 3.63) is 58.7 Å². The van der Waals surface area contributed by atoms with Crippen LogP contribution in [0.5, 0.6) is 0 Å². The number of benzene rings is 1. The summed E-state index contributed by atoms with van der Waals surface area (Å²) in [7, 11) is 0. The van der Waals surface area contributed by atoms with E-state index in [1.165, 1.54) is 0 Å². The van der Waals surface area contributed by atoms with Crippen molar-refractivity contribution in [3.63, 3.8) is 0 Å². The van der Waals surface area contributed by atoms with Crippen molar-refractivity contribution in [2.45, 2.75) is 40.0 Å². The number of hydrogen-bond donors (Lipinski definition) is 0. The number of esters is 1. The molecule has 27 heavy (non-hydrogen) atoms. The van der Waals surface area contributed by atoms with Gasteiger partial charge in [0.1, 0.15) is 6.42 Å². The predicted octanol–water partition coefficient (Wildman–Crippen LogP) is 2.83. The summed E-state index contributed by atoms with van der Waals surface area (Å²) in [6.07, 6.45) is -0.110. The minimum absolute atomic E-state index is 0.110. The molecule has 7 nitrogen and oxygen atoms in total. The Morgan fingerprint density at radius 3 is 2.48 bits per heavy atom. The first-order valence-electron chi connectivity index (χ1n) is 8.82. The van der Waals surface area contributed by atoms with Crippen LogP contribution >= 0.6 is 0 Å². The fraction of sp³-hybridized carbons (Fsp3) is 0.350. The molecule has 0 atom stereocenters. The maximum atomic E-state index is 12.2. The number of rotatable bonds is 6. The van der Waals surface area contributed by atoms with Crippen molar-refractivity contribution in [2.24, 2.45) is 0 Å². The molecule has 0 spiro atoms. The molecule has 0 radical (unpaired) electrons. The average molecular weight is 366 g/mol. The van der Waals surface area contributed by atoms with Crippen molar-refractivity contribution in [2.75, 3.05) is 6.61 Å². The normalized spacial score (nSPS) is 11.1. The number of carbonyl (C=O) groups is 2. The fourth-order valence-corrected chi connectivity index (χ4v) is 2.75. The summed E-state index contributed by atoms with van der Waals surface area (Å²) in [4.78, 5) is 32.7. The summed E-state index contributed by atoms with van der Waals surface area (Å²) in [6, 6.07) is 9.22. The molecule has 7 heteroatoms. The van der Waals surface area contributed by atoms with E-state index in [0.29, 0.717) is 23.1 Å². The van der Waals surface area contributed by atoms with Gasteiger partial charge in [0.05, 0.1) is 0 Å². The van der Waals surface area contributed by atoms with Crippen molar-refractivity contribution in [1.29, 1.82) is 0 Å². The fourth-order valence-electron chi connectivity index (χ4n) is 2.75. The molecule has 3 rings (SSSR count). The Labute approximate surface area is 157 Å². The Bertz CT molecular complexity index is 990. The smallest absolute Gasteiger partial charge is 0.314 e. The van der Waals surface area contributed by atoms with Gasteiger partial charge in [-0.05, 0) is 31.4 Å². The van der Waals surface area contributed by atoms with Crippen molar-refractivity contribution < 1.29 is 14.3 Å². The molecule has 1 aromatic carbocycles. The molecule has 0 aliphatic heterocycles. The van der Waals surface area contributed by atoms with Crippen LogP contribution in [0.4, 0.5) is 0 Å². The lowest BCUT2D eigenvalue weighted by atomic mass is 10.0. The Kier molecular flexibility index (Phi) is 5.30. The lowest BCUT2D eigenvalue weighted by Crippen LogP contribution is -2.16. The van der Waals surface area contributed by atoms with Crippen LogP contribution in [0.1, 0.15) is 52.9 Å². The highest BCUT2D eigenvalue weighted by Crippen LogP contribution is 2.15. The zero-order chi connectivity index (χ0) is 19.6. The summed E-state index contributed by atoms with van der Waals surface area (Å²) < 4.78 is 6.67. The average Bonchev–Trinajstić information content (AvgIpc) is 3.02. The molecule has 2 heterocycles. The third-order valence-corrected chi connectivity index (χ3v) is 4.23. The van der Waals surface area contributed by atoms with Gasteiger partial charge < -0.3 is 4.74 Å². The van der Waals surface area contributed by atoms with E-state index in [4.69, 9.17) is 4.74 Å². The molecule has 0 aliphatic carbocycles. The van der Waals surface area contributed by atoms with Crippen LogP contribution in [0.3, 0.4) is 0 Å². The molecule has 0 amide bonds. The maximum Gasteiger partial charge on any atom is 0.314 e. The van der Waals surface area contributed by atoms with Gasteiger partial charge in [-0.2, -0.15) is 4.98 Å². The summed E-state index contributed by atoms with van der Waals surface area (Å²) in [5.41, 5.74) is 3.38. The highest BCUT2D eigenvalue weighted by Gasteiger charge is 2.15. The van der Waals surface area contributed by atoms with E-state index in [1.807, 2.05) is 32.0 Å². The number of ketones is 1. The summed E-state index contributed by atoms with van der Waals surface area (Å²) in [5.74, 6) is 0.362. The van der Waals surface area contributed by atoms with Crippen molar-refractivity contribution >= 4 is 17.5 Å². The van der Waals surface area contributed by atoms with Gasteiger partial charge in [0.2, 0.25) is 0 Å². The van der Waals surface area contributed by atoms with Gasteiger partial charge in [-0.1, -0.05) is 38.1 Å². The Morgan fingerprint density at radius 2 is 1.81 bits per heavy atom. The van der Waals surface area contributed by atoms with Gasteiger partial charge in [0, 0.05) is 17.0 Å². The maximum absolute atomic E-state index is 12.2.